The summed E-state index contributed by atoms with van der Waals surface area (Å²) in [5, 5.41) is 0. The largest absolute Gasteiger partial charge is 0.363 e. The lowest BCUT2D eigenvalue weighted by atomic mass is 9.78. The van der Waals surface area contributed by atoms with E-state index in [9.17, 15) is 8.78 Å². The molecule has 1 spiro atoms. The fourth-order valence-corrected chi connectivity index (χ4v) is 6.27. The van der Waals surface area contributed by atoms with E-state index in [0.717, 1.165) is 65.1 Å². The van der Waals surface area contributed by atoms with E-state index in [2.05, 4.69) is 42.7 Å². The van der Waals surface area contributed by atoms with Gasteiger partial charge in [0.15, 0.2) is 0 Å². The van der Waals surface area contributed by atoms with Crippen molar-refractivity contribution < 1.29 is 18.3 Å². The van der Waals surface area contributed by atoms with Gasteiger partial charge in [0.1, 0.15) is 11.7 Å². The van der Waals surface area contributed by atoms with E-state index in [1.807, 2.05) is 4.90 Å². The zero-order valence-corrected chi connectivity index (χ0v) is 20.6. The smallest absolute Gasteiger partial charge is 0.251 e. The second-order valence-corrected chi connectivity index (χ2v) is 11.4. The number of alkyl halides is 2. The Balaban J connectivity index is 0.996. The molecule has 5 fully saturated rings. The quantitative estimate of drug-likeness (QED) is 0.403. The molecule has 7 heteroatoms. The van der Waals surface area contributed by atoms with Crippen LogP contribution < -0.4 is 0 Å². The van der Waals surface area contributed by atoms with Gasteiger partial charge in [0.2, 0.25) is 0 Å². The van der Waals surface area contributed by atoms with Crippen molar-refractivity contribution in [2.45, 2.75) is 88.8 Å². The third-order valence-corrected chi connectivity index (χ3v) is 8.64. The molecule has 33 heavy (non-hydrogen) atoms. The van der Waals surface area contributed by atoms with Crippen molar-refractivity contribution in [2.75, 3.05) is 52.4 Å². The molecule has 186 valence electrons. The number of hydrogen-bond acceptors (Lipinski definition) is 5. The van der Waals surface area contributed by atoms with Crippen molar-refractivity contribution in [3.63, 3.8) is 0 Å². The second kappa shape index (κ2) is 9.30. The Bertz CT molecular complexity index is 759. The van der Waals surface area contributed by atoms with E-state index in [4.69, 9.17) is 9.47 Å². The van der Waals surface area contributed by atoms with Crippen LogP contribution in [0.5, 0.6) is 0 Å². The number of epoxide rings is 2. The summed E-state index contributed by atoms with van der Waals surface area (Å²) in [5.41, 5.74) is 2.90. The van der Waals surface area contributed by atoms with Crippen LogP contribution in [0.25, 0.3) is 0 Å². The molecule has 0 aromatic rings. The Labute approximate surface area is 197 Å². The van der Waals surface area contributed by atoms with Gasteiger partial charge in [0, 0.05) is 51.9 Å². The first-order chi connectivity index (χ1) is 15.8. The van der Waals surface area contributed by atoms with Crippen molar-refractivity contribution in [2.24, 2.45) is 0 Å². The van der Waals surface area contributed by atoms with Crippen LogP contribution in [0, 0.1) is 0 Å². The average molecular weight is 466 g/mol. The van der Waals surface area contributed by atoms with Crippen molar-refractivity contribution in [3.8, 4) is 0 Å². The maximum absolute atomic E-state index is 12.5. The molecule has 0 aromatic heterocycles. The molecular weight excluding hydrogens is 424 g/mol. The van der Waals surface area contributed by atoms with Gasteiger partial charge >= 0.3 is 0 Å². The molecular formula is C26H41F2N3O2. The highest BCUT2D eigenvalue weighted by Gasteiger charge is 2.73. The Morgan fingerprint density at radius 1 is 1.06 bits per heavy atom. The Hall–Kier alpha value is -0.860. The third kappa shape index (κ3) is 5.22. The van der Waals surface area contributed by atoms with Crippen LogP contribution in [-0.2, 0) is 9.47 Å². The lowest BCUT2D eigenvalue weighted by Gasteiger charge is -2.43. The Morgan fingerprint density at radius 3 is 2.36 bits per heavy atom. The standard InChI is InChI=1S/C26H41F2N3O2/c1-19(2)4-5-22-25(3,32-22)24-26(33-24)9-6-21(7-10-26)31-16-20(17-31)8-11-29-12-14-30(15-13-29)18-23(27)28/h4,8,21-24H,5-7,9-18H2,1-3H3/t21?,22-,24?,25-,26?/m1/s1. The van der Waals surface area contributed by atoms with Gasteiger partial charge < -0.3 is 9.47 Å². The molecule has 1 aliphatic carbocycles. The van der Waals surface area contributed by atoms with Crippen LogP contribution >= 0.6 is 0 Å². The minimum absolute atomic E-state index is 0.0730. The Morgan fingerprint density at radius 2 is 1.73 bits per heavy atom. The molecule has 0 aromatic carbocycles. The molecule has 0 N–H and O–H groups in total. The average Bonchev–Trinajstić information content (AvgIpc) is 3.63. The molecule has 4 heterocycles. The molecule has 3 atom stereocenters. The molecule has 4 aliphatic heterocycles. The molecule has 5 aliphatic rings. The first-order valence-electron chi connectivity index (χ1n) is 12.9. The second-order valence-electron chi connectivity index (χ2n) is 11.4. The fourth-order valence-electron chi connectivity index (χ4n) is 6.27. The number of hydrogen-bond donors (Lipinski definition) is 0. The summed E-state index contributed by atoms with van der Waals surface area (Å²) in [6, 6.07) is 0.685. The minimum Gasteiger partial charge on any atom is -0.363 e. The summed E-state index contributed by atoms with van der Waals surface area (Å²) in [6.07, 6.45) is 8.83. The summed E-state index contributed by atoms with van der Waals surface area (Å²) in [4.78, 5) is 6.89. The van der Waals surface area contributed by atoms with Gasteiger partial charge in [-0.2, -0.15) is 0 Å². The number of allylic oxidation sites excluding steroid dienone is 1. The zero-order valence-electron chi connectivity index (χ0n) is 20.6. The van der Waals surface area contributed by atoms with Gasteiger partial charge in [-0.3, -0.25) is 14.7 Å². The normalized spacial score (nSPS) is 39.6. The maximum Gasteiger partial charge on any atom is 0.251 e. The van der Waals surface area contributed by atoms with Crippen LogP contribution in [0.15, 0.2) is 23.3 Å². The van der Waals surface area contributed by atoms with Gasteiger partial charge in [0.25, 0.3) is 6.43 Å². The fraction of sp³-hybridized carbons (Fsp3) is 0.846. The minimum atomic E-state index is -2.22. The molecule has 0 bridgehead atoms. The first kappa shape index (κ1) is 23.9. The summed E-state index contributed by atoms with van der Waals surface area (Å²) in [5.74, 6) is 0. The number of rotatable bonds is 8. The highest BCUT2D eigenvalue weighted by Crippen LogP contribution is 2.60. The monoisotopic (exact) mass is 465 g/mol. The topological polar surface area (TPSA) is 34.8 Å². The van der Waals surface area contributed by atoms with Crippen molar-refractivity contribution in [3.05, 3.63) is 23.3 Å². The van der Waals surface area contributed by atoms with E-state index in [1.165, 1.54) is 24.0 Å². The summed E-state index contributed by atoms with van der Waals surface area (Å²) in [7, 11) is 0. The molecule has 5 rings (SSSR count). The van der Waals surface area contributed by atoms with E-state index in [1.54, 1.807) is 0 Å². The summed E-state index contributed by atoms with van der Waals surface area (Å²) >= 11 is 0. The maximum atomic E-state index is 12.5. The van der Waals surface area contributed by atoms with E-state index in [0.29, 0.717) is 12.1 Å². The summed E-state index contributed by atoms with van der Waals surface area (Å²) < 4.78 is 37.5. The summed E-state index contributed by atoms with van der Waals surface area (Å²) in [6.45, 7) is 12.9. The number of halogens is 2. The number of nitrogens with zero attached hydrogens (tertiary/aromatic N) is 3. The number of ether oxygens (including phenoxy) is 2. The molecule has 0 radical (unpaired) electrons. The molecule has 4 saturated heterocycles. The Kier molecular flexibility index (Phi) is 6.73. The van der Waals surface area contributed by atoms with Crippen LogP contribution in [0.4, 0.5) is 8.78 Å². The number of likely N-dealkylation sites (tertiary alicyclic amines) is 1. The zero-order chi connectivity index (χ0) is 23.2. The molecule has 1 saturated carbocycles. The van der Waals surface area contributed by atoms with Gasteiger partial charge in [-0.05, 0) is 58.4 Å². The van der Waals surface area contributed by atoms with Crippen molar-refractivity contribution >= 4 is 0 Å². The number of piperazine rings is 1. The van der Waals surface area contributed by atoms with Crippen LogP contribution in [0.3, 0.4) is 0 Å². The van der Waals surface area contributed by atoms with Crippen molar-refractivity contribution in [1.29, 1.82) is 0 Å². The molecule has 5 nitrogen and oxygen atoms in total. The van der Waals surface area contributed by atoms with Crippen LogP contribution in [0.1, 0.15) is 52.9 Å². The highest BCUT2D eigenvalue weighted by molar-refractivity contribution is 5.23. The molecule has 1 unspecified atom stereocenters. The van der Waals surface area contributed by atoms with Crippen molar-refractivity contribution in [1.82, 2.24) is 14.7 Å². The van der Waals surface area contributed by atoms with Gasteiger partial charge in [-0.1, -0.05) is 17.7 Å². The highest BCUT2D eigenvalue weighted by atomic mass is 19.3. The lowest BCUT2D eigenvalue weighted by molar-refractivity contribution is 0.0588. The predicted molar refractivity (Wildman–Crippen MR) is 126 cm³/mol. The van der Waals surface area contributed by atoms with Gasteiger partial charge in [-0.15, -0.1) is 0 Å². The first-order valence-corrected chi connectivity index (χ1v) is 12.9. The van der Waals surface area contributed by atoms with Gasteiger partial charge in [-0.25, -0.2) is 8.78 Å². The van der Waals surface area contributed by atoms with Gasteiger partial charge in [0.05, 0.1) is 18.2 Å². The van der Waals surface area contributed by atoms with E-state index >= 15 is 0 Å². The SMILES string of the molecule is CC(C)=CC[C@H]1O[C@@]1(C)C1OC12CCC(N1CC(=CCN3CCN(CC(F)F)CC3)C1)CC2. The lowest BCUT2D eigenvalue weighted by Crippen LogP contribution is -2.50. The third-order valence-electron chi connectivity index (χ3n) is 8.64. The van der Waals surface area contributed by atoms with Crippen LogP contribution in [0.2, 0.25) is 0 Å². The van der Waals surface area contributed by atoms with Crippen LogP contribution in [-0.4, -0.2) is 103 Å². The molecule has 0 amide bonds. The van der Waals surface area contributed by atoms with E-state index in [-0.39, 0.29) is 23.9 Å². The predicted octanol–water partition coefficient (Wildman–Crippen LogP) is 3.71. The van der Waals surface area contributed by atoms with E-state index < -0.39 is 6.43 Å².